The lowest BCUT2D eigenvalue weighted by molar-refractivity contribution is -0.396. The molecule has 30 saturated heterocycles. The molecule has 0 radical (unpaired) electrons. The molecule has 0 unspecified atom stereocenters. The van der Waals surface area contributed by atoms with Gasteiger partial charge in [-0.2, -0.15) is 101 Å². The second kappa shape index (κ2) is 32.0. The van der Waals surface area contributed by atoms with Crippen LogP contribution < -0.4 is 0 Å². The van der Waals surface area contributed by atoms with Gasteiger partial charge in [-0.3, -0.25) is 0 Å². The molecule has 16 N–H and O–H groups in total. The second-order valence-corrected chi connectivity index (χ2v) is 25.4. The summed E-state index contributed by atoms with van der Waals surface area (Å²) in [5.74, 6) is -2.15. The van der Waals surface area contributed by atoms with Crippen LogP contribution in [0.5, 0.6) is 0 Å². The lowest BCUT2D eigenvalue weighted by Crippen LogP contribution is -2.68. The molecular weight excluding hydrogens is 1350 g/mol. The van der Waals surface area contributed by atoms with Crippen molar-refractivity contribution in [3.05, 3.63) is 0 Å². The second-order valence-electron chi connectivity index (χ2n) is 22.5. The first kappa shape index (κ1) is 73.8. The Balaban J connectivity index is 0.975. The maximum atomic E-state index is 11.6. The minimum absolute atomic E-state index is 0.268. The first-order valence-corrected chi connectivity index (χ1v) is 33.2. The van der Waals surface area contributed by atoms with Crippen LogP contribution in [-0.4, -0.2) is 373 Å². The largest absolute Gasteiger partial charge is 0.387 e. The molecule has 0 aliphatic carbocycles. The Morgan fingerprint density at radius 1 is 0.148 bits per heavy atom. The molecule has 30 heterocycles. The number of aliphatic hydroxyl groups excluding tert-OH is 16. The summed E-state index contributed by atoms with van der Waals surface area (Å²) >= 11 is 34.6. The van der Waals surface area contributed by atoms with Crippen molar-refractivity contribution in [2.45, 2.75) is 246 Å². The molecule has 30 fully saturated rings. The van der Waals surface area contributed by atoms with Crippen molar-refractivity contribution in [3.8, 4) is 0 Å². The van der Waals surface area contributed by atoms with Crippen LogP contribution in [0.3, 0.4) is 0 Å². The van der Waals surface area contributed by atoms with Gasteiger partial charge in [-0.15, -0.1) is 0 Å². The van der Waals surface area contributed by atoms with Gasteiger partial charge in [0, 0.05) is 46.0 Å². The third-order valence-corrected chi connectivity index (χ3v) is 19.8. The average molecular weight is 1430 g/mol. The first-order chi connectivity index (χ1) is 41.9. The highest BCUT2D eigenvalue weighted by atomic mass is 32.1. The van der Waals surface area contributed by atoms with E-state index < -0.39 is 246 Å². The molecule has 88 heavy (non-hydrogen) atoms. The van der Waals surface area contributed by atoms with Crippen LogP contribution >= 0.6 is 101 Å². The zero-order valence-electron chi connectivity index (χ0n) is 46.0. The first-order valence-electron chi connectivity index (χ1n) is 28.1. The van der Waals surface area contributed by atoms with Crippen LogP contribution in [0, 0.1) is 0 Å². The zero-order valence-corrected chi connectivity index (χ0v) is 53.2. The van der Waals surface area contributed by atoms with E-state index in [1.165, 1.54) is 0 Å². The van der Waals surface area contributed by atoms with E-state index in [2.05, 4.69) is 101 Å². The molecule has 0 spiro atoms. The Labute approximate surface area is 547 Å². The van der Waals surface area contributed by atoms with E-state index in [0.717, 1.165) is 0 Å². The Hall–Kier alpha value is 1.52. The lowest BCUT2D eigenvalue weighted by atomic mass is 9.95. The SMILES string of the molecule is O[C@@H]1[C@@H](O)[C@H]2O[C@H]3[C@H](O)[C@@H](O)[C@@H](O[C@H]4[C@H](O)[C@@H](O)[C@@H](O[C@H]5[C@H](O)[C@@H](O)[C@@H](O[C@H]6[C@H](O)[C@@H](O)[C@@H](O[C@H]7[C@H](O)[C@@H](O)[C@@H](O[C@H]8[C@H](O)[C@@H](O)[C@@H](O[C@H]9[C@H](O)[C@@H](O)[C@@H](O[C@@H]1[C@@H](CS)O2)O[C@@H]9CS)O[C@@H]8CS)O[C@@H]7CS)O[C@@H]6CS)O[C@@H]5CS)O[C@@H]4CS)O[C@@H]3CS. The smallest absolute Gasteiger partial charge is 0.187 e. The van der Waals surface area contributed by atoms with Crippen molar-refractivity contribution in [1.82, 2.24) is 0 Å². The third kappa shape index (κ3) is 14.9. The van der Waals surface area contributed by atoms with Gasteiger partial charge in [-0.25, -0.2) is 0 Å². The summed E-state index contributed by atoms with van der Waals surface area (Å²) in [6.45, 7) is 0. The number of thiol groups is 8. The van der Waals surface area contributed by atoms with Gasteiger partial charge in [0.2, 0.25) is 0 Å². The molecule has 40 atom stereocenters. The minimum atomic E-state index is -2.02. The Morgan fingerprint density at radius 2 is 0.239 bits per heavy atom. The standard InChI is InChI=1S/C48H80O32S8/c49-17-25(57)41-65-9(1-81)33(17)73-42-26(58)18(50)35(11(3-83)66-42)75-44-28(60)20(52)37(13(5-85)68-44)77-46-30(62)22(54)39(15(7-87)70-46)79-48-32(64)24(56)40(16(8-88)72-48)80-47-31(63)23(55)38(14(6-86)71-47)78-45-29(61)21(53)36(12(4-84)69-45)76-43-27(59)19(51)34(74-41)10(2-82)67-43/h9-64,81-88H,1-8H2/t9-,10-,11-,12-,13-,14-,15-,16-,17-,18-,19-,20-,21-,22-,23-,24-,25-,26-,27-,28-,29-,30-,31-,32-,33-,34-,35-,36-,37-,38-,39-,40-,41-,42-,43-,44-,45-,46-,47-,48-/m1/s1. The maximum absolute atomic E-state index is 11.6. The number of hydrogen-bond donors (Lipinski definition) is 24. The van der Waals surface area contributed by atoms with E-state index in [0.29, 0.717) is 0 Å². The molecule has 40 heteroatoms. The van der Waals surface area contributed by atoms with E-state index in [1.54, 1.807) is 0 Å². The molecule has 30 aliphatic rings. The van der Waals surface area contributed by atoms with Crippen LogP contribution in [0.1, 0.15) is 0 Å². The lowest BCUT2D eigenvalue weighted by Gasteiger charge is -2.51. The number of hydrogen-bond acceptors (Lipinski definition) is 40. The zero-order chi connectivity index (χ0) is 64.1. The van der Waals surface area contributed by atoms with Crippen molar-refractivity contribution in [3.63, 3.8) is 0 Å². The van der Waals surface area contributed by atoms with Gasteiger partial charge in [-0.05, 0) is 0 Å². The average Bonchev–Trinajstić information content (AvgIpc) is 1.09. The molecule has 16 bridgehead atoms. The summed E-state index contributed by atoms with van der Waals surface area (Å²) in [6, 6.07) is 0. The van der Waals surface area contributed by atoms with E-state index in [1.807, 2.05) is 0 Å². The molecule has 0 saturated carbocycles. The molecule has 30 rings (SSSR count). The summed E-state index contributed by atoms with van der Waals surface area (Å²) in [6.07, 6.45) is -69.8. The van der Waals surface area contributed by atoms with Crippen molar-refractivity contribution in [2.24, 2.45) is 0 Å². The summed E-state index contributed by atoms with van der Waals surface area (Å²) in [5.41, 5.74) is 0. The van der Waals surface area contributed by atoms with Crippen molar-refractivity contribution < 1.29 is 157 Å². The molecule has 0 amide bonds. The number of rotatable bonds is 8. The van der Waals surface area contributed by atoms with Crippen LogP contribution in [0.2, 0.25) is 0 Å². The molecule has 0 aromatic rings. The Kier molecular flexibility index (Phi) is 26.8. The van der Waals surface area contributed by atoms with Gasteiger partial charge in [0.1, 0.15) is 146 Å². The van der Waals surface area contributed by atoms with Crippen LogP contribution in [0.4, 0.5) is 0 Å². The fourth-order valence-electron chi connectivity index (χ4n) is 11.9. The summed E-state index contributed by atoms with van der Waals surface area (Å²) < 4.78 is 95.8. The Bertz CT molecular complexity index is 1730. The normalized spacial score (nSPS) is 55.4. The summed E-state index contributed by atoms with van der Waals surface area (Å²) in [4.78, 5) is 0. The molecular formula is C48H80O32S8. The predicted molar refractivity (Wildman–Crippen MR) is 315 cm³/mol. The predicted octanol–water partition coefficient (Wildman–Crippen LogP) is -9.91. The van der Waals surface area contributed by atoms with Crippen molar-refractivity contribution >= 4 is 101 Å². The van der Waals surface area contributed by atoms with Crippen molar-refractivity contribution in [1.29, 1.82) is 0 Å². The molecule has 30 aliphatic heterocycles. The quantitative estimate of drug-likeness (QED) is 0.100. The van der Waals surface area contributed by atoms with Gasteiger partial charge in [0.15, 0.2) is 50.3 Å². The van der Waals surface area contributed by atoms with Gasteiger partial charge < -0.3 is 157 Å². The summed E-state index contributed by atoms with van der Waals surface area (Å²) in [5, 5.41) is 185. The number of ether oxygens (including phenoxy) is 16. The fraction of sp³-hybridized carbons (Fsp3) is 1.00. The highest BCUT2D eigenvalue weighted by molar-refractivity contribution is 7.81. The highest BCUT2D eigenvalue weighted by Crippen LogP contribution is 2.40. The van der Waals surface area contributed by atoms with E-state index in [4.69, 9.17) is 75.8 Å². The van der Waals surface area contributed by atoms with Gasteiger partial charge in [0.25, 0.3) is 0 Å². The molecule has 0 aromatic carbocycles. The van der Waals surface area contributed by atoms with Crippen LogP contribution in [0.25, 0.3) is 0 Å². The summed E-state index contributed by atoms with van der Waals surface area (Å²) in [7, 11) is 0. The third-order valence-electron chi connectivity index (χ3n) is 16.9. The van der Waals surface area contributed by atoms with Gasteiger partial charge >= 0.3 is 0 Å². The van der Waals surface area contributed by atoms with Crippen LogP contribution in [0.15, 0.2) is 0 Å². The molecule has 0 aromatic heterocycles. The highest BCUT2D eigenvalue weighted by Gasteiger charge is 2.60. The Morgan fingerprint density at radius 3 is 0.318 bits per heavy atom. The van der Waals surface area contributed by atoms with E-state index >= 15 is 0 Å². The topological polar surface area (TPSA) is 471 Å². The van der Waals surface area contributed by atoms with Crippen molar-refractivity contribution in [2.75, 3.05) is 46.0 Å². The molecule has 512 valence electrons. The maximum Gasteiger partial charge on any atom is 0.187 e. The molecule has 32 nitrogen and oxygen atoms in total. The van der Waals surface area contributed by atoms with E-state index in [9.17, 15) is 81.7 Å². The number of aliphatic hydroxyl groups is 16. The van der Waals surface area contributed by atoms with Crippen LogP contribution in [-0.2, 0) is 75.8 Å². The van der Waals surface area contributed by atoms with Gasteiger partial charge in [-0.1, -0.05) is 0 Å². The van der Waals surface area contributed by atoms with Gasteiger partial charge in [0.05, 0.1) is 48.8 Å². The monoisotopic (exact) mass is 1420 g/mol. The fourth-order valence-corrected chi connectivity index (χ4v) is 14.3. The van der Waals surface area contributed by atoms with E-state index in [-0.39, 0.29) is 46.0 Å². The minimum Gasteiger partial charge on any atom is -0.387 e.